The van der Waals surface area contributed by atoms with Crippen LogP contribution in [0.25, 0.3) is 0 Å². The number of hydrogen-bond donors (Lipinski definition) is 1. The third-order valence-corrected chi connectivity index (χ3v) is 6.18. The van der Waals surface area contributed by atoms with Crippen LogP contribution < -0.4 is 5.32 Å². The van der Waals surface area contributed by atoms with Crippen molar-refractivity contribution in [1.82, 2.24) is 10.2 Å². The summed E-state index contributed by atoms with van der Waals surface area (Å²) >= 11 is 4.67. The molecule has 1 N–H and O–H groups in total. The number of anilines is 1. The van der Waals surface area contributed by atoms with Gasteiger partial charge in [0.2, 0.25) is 11.0 Å². The van der Waals surface area contributed by atoms with Crippen molar-refractivity contribution < 1.29 is 9.18 Å². The Morgan fingerprint density at radius 3 is 2.96 bits per heavy atom. The highest BCUT2D eigenvalue weighted by Crippen LogP contribution is 2.29. The van der Waals surface area contributed by atoms with Gasteiger partial charge in [0.05, 0.1) is 0 Å². The molecular weight excluding hydrogens is 365 g/mol. The van der Waals surface area contributed by atoms with Gasteiger partial charge in [-0.25, -0.2) is 4.39 Å². The molecule has 0 unspecified atom stereocenters. The molecular formula is C16H14FN3OS3. The molecule has 0 radical (unpaired) electrons. The molecule has 0 bridgehead atoms. The molecule has 1 aromatic carbocycles. The summed E-state index contributed by atoms with van der Waals surface area (Å²) in [5.74, 6) is 0.412. The van der Waals surface area contributed by atoms with Crippen molar-refractivity contribution in [2.75, 3.05) is 5.32 Å². The minimum absolute atomic E-state index is 0.148. The van der Waals surface area contributed by atoms with Gasteiger partial charge in [-0.1, -0.05) is 41.3 Å². The number of halogens is 1. The van der Waals surface area contributed by atoms with Crippen molar-refractivity contribution in [2.24, 2.45) is 0 Å². The summed E-state index contributed by atoms with van der Waals surface area (Å²) in [6, 6.07) is 10.4. The Morgan fingerprint density at radius 2 is 2.17 bits per heavy atom. The topological polar surface area (TPSA) is 54.9 Å². The van der Waals surface area contributed by atoms with Crippen molar-refractivity contribution in [3.05, 3.63) is 58.0 Å². The number of thioether (sulfide) groups is 1. The summed E-state index contributed by atoms with van der Waals surface area (Å²) in [6.07, 6.45) is 0.767. The number of rotatable bonds is 7. The zero-order valence-electron chi connectivity index (χ0n) is 12.6. The Bertz CT molecular complexity index is 805. The van der Waals surface area contributed by atoms with Crippen LogP contribution >= 0.6 is 34.4 Å². The second-order valence-corrected chi connectivity index (χ2v) is 8.15. The van der Waals surface area contributed by atoms with Gasteiger partial charge in [-0.2, -0.15) is 0 Å². The van der Waals surface area contributed by atoms with E-state index in [1.807, 2.05) is 11.4 Å². The summed E-state index contributed by atoms with van der Waals surface area (Å²) in [5, 5.41) is 13.3. The lowest BCUT2D eigenvalue weighted by Gasteiger charge is -2.02. The van der Waals surface area contributed by atoms with E-state index in [-0.39, 0.29) is 18.1 Å². The molecule has 0 aliphatic carbocycles. The molecule has 0 saturated heterocycles. The van der Waals surface area contributed by atoms with Crippen molar-refractivity contribution in [1.29, 1.82) is 0 Å². The molecule has 124 valence electrons. The first kappa shape index (κ1) is 17.1. The van der Waals surface area contributed by atoms with E-state index in [2.05, 4.69) is 21.6 Å². The molecule has 2 heterocycles. The molecule has 2 aromatic heterocycles. The molecule has 0 spiro atoms. The van der Waals surface area contributed by atoms with Gasteiger partial charge in [0.25, 0.3) is 0 Å². The van der Waals surface area contributed by atoms with Crippen LogP contribution in [-0.2, 0) is 17.0 Å². The van der Waals surface area contributed by atoms with Gasteiger partial charge in [-0.15, -0.1) is 21.5 Å². The van der Waals surface area contributed by atoms with Crippen molar-refractivity contribution in [3.8, 4) is 0 Å². The minimum atomic E-state index is -0.288. The number of nitrogens with zero attached hydrogens (tertiary/aromatic N) is 2. The quantitative estimate of drug-likeness (QED) is 0.481. The molecule has 3 rings (SSSR count). The molecule has 3 aromatic rings. The van der Waals surface area contributed by atoms with Crippen molar-refractivity contribution >= 4 is 45.5 Å². The maximum absolute atomic E-state index is 13.1. The van der Waals surface area contributed by atoms with Gasteiger partial charge in [0.15, 0.2) is 4.34 Å². The average molecular weight is 380 g/mol. The Balaban J connectivity index is 1.46. The largest absolute Gasteiger partial charge is 0.300 e. The zero-order valence-corrected chi connectivity index (χ0v) is 15.0. The van der Waals surface area contributed by atoms with Crippen LogP contribution in [0.15, 0.2) is 46.1 Å². The van der Waals surface area contributed by atoms with Crippen LogP contribution in [0.1, 0.15) is 16.9 Å². The first-order valence-corrected chi connectivity index (χ1v) is 9.90. The Morgan fingerprint density at radius 1 is 1.25 bits per heavy atom. The maximum atomic E-state index is 13.1. The van der Waals surface area contributed by atoms with Crippen LogP contribution in [0, 0.1) is 5.82 Å². The lowest BCUT2D eigenvalue weighted by molar-refractivity contribution is -0.116. The van der Waals surface area contributed by atoms with E-state index in [4.69, 9.17) is 0 Å². The highest BCUT2D eigenvalue weighted by Gasteiger charge is 2.09. The van der Waals surface area contributed by atoms with Gasteiger partial charge < -0.3 is 5.32 Å². The van der Waals surface area contributed by atoms with Crippen LogP contribution in [0.2, 0.25) is 0 Å². The Hall–Kier alpha value is -1.77. The van der Waals surface area contributed by atoms with Gasteiger partial charge in [0, 0.05) is 17.1 Å². The first-order valence-electron chi connectivity index (χ1n) is 7.22. The number of hydrogen-bond acceptors (Lipinski definition) is 6. The highest BCUT2D eigenvalue weighted by atomic mass is 32.2. The van der Waals surface area contributed by atoms with Gasteiger partial charge in [-0.05, 0) is 35.6 Å². The second kappa shape index (κ2) is 8.36. The fourth-order valence-corrected chi connectivity index (χ4v) is 4.52. The Kier molecular flexibility index (Phi) is 5.95. The number of thiophene rings is 1. The van der Waals surface area contributed by atoms with E-state index in [1.54, 1.807) is 35.2 Å². The number of aryl methyl sites for hydroxylation is 1. The SMILES string of the molecule is O=C(CCc1cccc(F)c1)Nc1nnc(SCc2cccs2)s1. The van der Waals surface area contributed by atoms with Crippen molar-refractivity contribution in [2.45, 2.75) is 22.9 Å². The van der Waals surface area contributed by atoms with E-state index >= 15 is 0 Å². The standard InChI is InChI=1S/C16H14FN3OS3/c17-12-4-1-3-11(9-12)6-7-14(21)18-15-19-20-16(24-15)23-10-13-5-2-8-22-13/h1-5,8-9H,6-7,10H2,(H,18,19,21). The van der Waals surface area contributed by atoms with Crippen LogP contribution in [0.3, 0.4) is 0 Å². The lowest BCUT2D eigenvalue weighted by Crippen LogP contribution is -2.12. The van der Waals surface area contributed by atoms with E-state index in [0.29, 0.717) is 11.6 Å². The van der Waals surface area contributed by atoms with E-state index < -0.39 is 0 Å². The molecule has 8 heteroatoms. The first-order chi connectivity index (χ1) is 11.7. The van der Waals surface area contributed by atoms with E-state index in [0.717, 1.165) is 15.7 Å². The predicted molar refractivity (Wildman–Crippen MR) is 97.1 cm³/mol. The predicted octanol–water partition coefficient (Wildman–Crippen LogP) is 4.60. The molecule has 4 nitrogen and oxygen atoms in total. The van der Waals surface area contributed by atoms with Crippen LogP contribution in [0.4, 0.5) is 9.52 Å². The molecule has 0 aliphatic heterocycles. The lowest BCUT2D eigenvalue weighted by atomic mass is 10.1. The zero-order chi connectivity index (χ0) is 16.8. The normalized spacial score (nSPS) is 10.7. The fourth-order valence-electron chi connectivity index (χ4n) is 1.98. The second-order valence-electron chi connectivity index (χ2n) is 4.92. The number of amides is 1. The number of aromatic nitrogens is 2. The third-order valence-electron chi connectivity index (χ3n) is 3.10. The summed E-state index contributed by atoms with van der Waals surface area (Å²) in [6.45, 7) is 0. The molecule has 0 aliphatic rings. The minimum Gasteiger partial charge on any atom is -0.300 e. The maximum Gasteiger partial charge on any atom is 0.226 e. The Labute approximate surface area is 151 Å². The van der Waals surface area contributed by atoms with E-state index in [9.17, 15) is 9.18 Å². The highest BCUT2D eigenvalue weighted by molar-refractivity contribution is 8.00. The average Bonchev–Trinajstić information content (AvgIpc) is 3.23. The molecule has 0 atom stereocenters. The van der Waals surface area contributed by atoms with Gasteiger partial charge in [-0.3, -0.25) is 4.79 Å². The molecule has 0 fully saturated rings. The number of benzene rings is 1. The van der Waals surface area contributed by atoms with Gasteiger partial charge in [0.1, 0.15) is 5.82 Å². The monoisotopic (exact) mass is 379 g/mol. The van der Waals surface area contributed by atoms with Crippen LogP contribution in [0.5, 0.6) is 0 Å². The van der Waals surface area contributed by atoms with E-state index in [1.165, 1.54) is 28.3 Å². The fraction of sp³-hybridized carbons (Fsp3) is 0.188. The summed E-state index contributed by atoms with van der Waals surface area (Å²) in [4.78, 5) is 13.2. The third kappa shape index (κ3) is 5.12. The summed E-state index contributed by atoms with van der Waals surface area (Å²) in [5.41, 5.74) is 0.801. The molecule has 0 saturated carbocycles. The van der Waals surface area contributed by atoms with Crippen LogP contribution in [-0.4, -0.2) is 16.1 Å². The smallest absolute Gasteiger partial charge is 0.226 e. The van der Waals surface area contributed by atoms with Gasteiger partial charge >= 0.3 is 0 Å². The molecule has 1 amide bonds. The molecule has 24 heavy (non-hydrogen) atoms. The number of nitrogens with one attached hydrogen (secondary N) is 1. The summed E-state index contributed by atoms with van der Waals surface area (Å²) < 4.78 is 13.9. The number of carbonyl (C=O) groups is 1. The number of carbonyl (C=O) groups excluding carboxylic acids is 1. The van der Waals surface area contributed by atoms with Crippen molar-refractivity contribution in [3.63, 3.8) is 0 Å². The summed E-state index contributed by atoms with van der Waals surface area (Å²) in [7, 11) is 0.